The monoisotopic (exact) mass is 124 g/mol. The van der Waals surface area contributed by atoms with Crippen LogP contribution in [0.3, 0.4) is 0 Å². The van der Waals surface area contributed by atoms with Gasteiger partial charge in [-0.25, -0.2) is 0 Å². The second kappa shape index (κ2) is 3.38. The molecule has 0 radical (unpaired) electrons. The molecule has 0 aromatic heterocycles. The van der Waals surface area contributed by atoms with Gasteiger partial charge in [0.05, 0.1) is 4.92 Å². The fraction of sp³-hybridized carbons (Fsp3) is 0. The van der Waals surface area contributed by atoms with E-state index in [1.54, 1.807) is 0 Å². The maximum atomic E-state index is 9.79. The predicted octanol–water partition coefficient (Wildman–Crippen LogP) is 0.857. The van der Waals surface area contributed by atoms with Crippen LogP contribution >= 0.6 is 0 Å². The molecule has 0 amide bonds. The van der Waals surface area contributed by atoms with Gasteiger partial charge in [-0.1, -0.05) is 12.7 Å². The minimum atomic E-state index is -0.762. The van der Waals surface area contributed by atoms with Crippen LogP contribution in [0.25, 0.3) is 0 Å². The highest BCUT2D eigenvalue weighted by Gasteiger charge is 2.04. The molecule has 0 aromatic carbocycles. The Morgan fingerprint density at radius 2 is 2.44 bits per heavy atom. The molecule has 0 saturated carbocycles. The van der Waals surface area contributed by atoms with E-state index in [0.717, 1.165) is 6.08 Å². The van der Waals surface area contributed by atoms with Crippen molar-refractivity contribution in [2.24, 2.45) is 0 Å². The van der Waals surface area contributed by atoms with Gasteiger partial charge >= 0.3 is 5.70 Å². The number of nitrogens with zero attached hydrogens (tertiary/aromatic N) is 2. The fourth-order valence-electron chi connectivity index (χ4n) is 0.251. The van der Waals surface area contributed by atoms with Crippen molar-refractivity contribution in [1.29, 1.82) is 5.26 Å². The first-order chi connectivity index (χ1) is 4.22. The summed E-state index contributed by atoms with van der Waals surface area (Å²) in [7, 11) is 0. The van der Waals surface area contributed by atoms with E-state index in [2.05, 4.69) is 6.58 Å². The average molecular weight is 124 g/mol. The third-order valence-corrected chi connectivity index (χ3v) is 0.587. The quantitative estimate of drug-likeness (QED) is 0.237. The molecule has 0 N–H and O–H groups in total. The van der Waals surface area contributed by atoms with E-state index < -0.39 is 10.6 Å². The zero-order valence-electron chi connectivity index (χ0n) is 4.57. The topological polar surface area (TPSA) is 66.9 Å². The predicted molar refractivity (Wildman–Crippen MR) is 30.9 cm³/mol. The summed E-state index contributed by atoms with van der Waals surface area (Å²) in [6.45, 7) is 3.20. The van der Waals surface area contributed by atoms with E-state index in [-0.39, 0.29) is 0 Å². The number of nitro groups is 1. The van der Waals surface area contributed by atoms with Gasteiger partial charge in [-0.3, -0.25) is 10.1 Å². The fourth-order valence-corrected chi connectivity index (χ4v) is 0.251. The largest absolute Gasteiger partial charge is 0.345 e. The molecule has 0 unspecified atom stereocenters. The number of nitriles is 1. The molecular formula is C5H4N2O2. The van der Waals surface area contributed by atoms with Crippen molar-refractivity contribution < 1.29 is 4.92 Å². The lowest BCUT2D eigenvalue weighted by atomic mass is 10.4. The Labute approximate surface area is 51.9 Å². The third kappa shape index (κ3) is 2.24. The summed E-state index contributed by atoms with van der Waals surface area (Å²) >= 11 is 0. The van der Waals surface area contributed by atoms with Crippen LogP contribution in [-0.2, 0) is 0 Å². The number of rotatable bonds is 2. The molecule has 0 rings (SSSR count). The molecule has 0 atom stereocenters. The van der Waals surface area contributed by atoms with Crippen molar-refractivity contribution in [3.63, 3.8) is 0 Å². The van der Waals surface area contributed by atoms with Crippen LogP contribution in [0.1, 0.15) is 0 Å². The van der Waals surface area contributed by atoms with E-state index in [1.165, 1.54) is 12.1 Å². The minimum Gasteiger partial charge on any atom is -0.258 e. The van der Waals surface area contributed by atoms with Crippen LogP contribution in [0, 0.1) is 21.4 Å². The Balaban J connectivity index is 4.38. The molecule has 0 heterocycles. The number of hydrogen-bond donors (Lipinski definition) is 0. The number of allylic oxidation sites excluding steroid dienone is 3. The Hall–Kier alpha value is -1.63. The Bertz CT molecular complexity index is 199. The molecule has 4 heteroatoms. The molecule has 0 aliphatic rings. The summed E-state index contributed by atoms with van der Waals surface area (Å²) in [4.78, 5) is 9.03. The lowest BCUT2D eigenvalue weighted by Gasteiger charge is -1.79. The highest BCUT2D eigenvalue weighted by Crippen LogP contribution is 1.91. The summed E-state index contributed by atoms with van der Waals surface area (Å²) in [5.41, 5.74) is -0.495. The molecule has 0 spiro atoms. The van der Waals surface area contributed by atoms with Gasteiger partial charge in [-0.2, -0.15) is 5.26 Å². The van der Waals surface area contributed by atoms with Crippen molar-refractivity contribution in [3.8, 4) is 6.07 Å². The molecule has 4 nitrogen and oxygen atoms in total. The van der Waals surface area contributed by atoms with Crippen LogP contribution in [0.5, 0.6) is 0 Å². The lowest BCUT2D eigenvalue weighted by molar-refractivity contribution is -0.417. The van der Waals surface area contributed by atoms with Gasteiger partial charge < -0.3 is 0 Å². The van der Waals surface area contributed by atoms with Crippen molar-refractivity contribution >= 4 is 0 Å². The molecular weight excluding hydrogens is 120 g/mol. The molecule has 0 aromatic rings. The van der Waals surface area contributed by atoms with Gasteiger partial charge in [0.25, 0.3) is 0 Å². The lowest BCUT2D eigenvalue weighted by Crippen LogP contribution is -1.93. The van der Waals surface area contributed by atoms with Gasteiger partial charge in [-0.15, -0.1) is 0 Å². The molecule has 0 aliphatic heterocycles. The third-order valence-electron chi connectivity index (χ3n) is 0.587. The van der Waals surface area contributed by atoms with Crippen LogP contribution in [-0.4, -0.2) is 4.92 Å². The van der Waals surface area contributed by atoms with Crippen molar-refractivity contribution in [2.45, 2.75) is 0 Å². The van der Waals surface area contributed by atoms with Crippen molar-refractivity contribution in [1.82, 2.24) is 0 Å². The van der Waals surface area contributed by atoms with E-state index in [0.29, 0.717) is 0 Å². The van der Waals surface area contributed by atoms with Crippen LogP contribution in [0.4, 0.5) is 0 Å². The van der Waals surface area contributed by atoms with Crippen molar-refractivity contribution in [3.05, 3.63) is 34.5 Å². The smallest absolute Gasteiger partial charge is 0.258 e. The first-order valence-corrected chi connectivity index (χ1v) is 2.09. The standard InChI is InChI=1S/C5H4N2O2/c1-2-3-5(4-6)7(8)9/h2-3H,1H2/b5-3+. The first-order valence-electron chi connectivity index (χ1n) is 2.09. The van der Waals surface area contributed by atoms with Gasteiger partial charge in [-0.05, 0) is 0 Å². The molecule has 0 fully saturated rings. The van der Waals surface area contributed by atoms with E-state index in [1.807, 2.05) is 0 Å². The summed E-state index contributed by atoms with van der Waals surface area (Å²) in [6, 6.07) is 1.39. The summed E-state index contributed by atoms with van der Waals surface area (Å²) in [5, 5.41) is 17.8. The SMILES string of the molecule is C=C/C=C(\C#N)[N+](=O)[O-]. The highest BCUT2D eigenvalue weighted by molar-refractivity contribution is 5.16. The maximum absolute atomic E-state index is 9.79. The van der Waals surface area contributed by atoms with Gasteiger partial charge in [0.2, 0.25) is 0 Å². The second-order valence-electron chi connectivity index (χ2n) is 1.16. The Kier molecular flexibility index (Phi) is 2.77. The van der Waals surface area contributed by atoms with Gasteiger partial charge in [0, 0.05) is 6.08 Å². The van der Waals surface area contributed by atoms with E-state index in [9.17, 15) is 10.1 Å². The van der Waals surface area contributed by atoms with E-state index >= 15 is 0 Å². The Morgan fingerprint density at radius 1 is 1.89 bits per heavy atom. The molecule has 9 heavy (non-hydrogen) atoms. The van der Waals surface area contributed by atoms with Crippen molar-refractivity contribution in [2.75, 3.05) is 0 Å². The molecule has 0 bridgehead atoms. The highest BCUT2D eigenvalue weighted by atomic mass is 16.6. The normalized spacial score (nSPS) is 9.89. The van der Waals surface area contributed by atoms with Gasteiger partial charge in [0.15, 0.2) is 6.07 Å². The van der Waals surface area contributed by atoms with Crippen LogP contribution in [0.2, 0.25) is 0 Å². The second-order valence-corrected chi connectivity index (χ2v) is 1.16. The summed E-state index contributed by atoms with van der Waals surface area (Å²) in [6.07, 6.45) is 2.24. The minimum absolute atomic E-state index is 0.495. The zero-order valence-corrected chi connectivity index (χ0v) is 4.57. The maximum Gasteiger partial charge on any atom is 0.345 e. The van der Waals surface area contributed by atoms with Gasteiger partial charge in [0.1, 0.15) is 0 Å². The summed E-state index contributed by atoms with van der Waals surface area (Å²) < 4.78 is 0. The molecule has 0 saturated heterocycles. The molecule has 0 aliphatic carbocycles. The Morgan fingerprint density at radius 3 is 2.56 bits per heavy atom. The first kappa shape index (κ1) is 7.37. The number of hydrogen-bond acceptors (Lipinski definition) is 3. The van der Waals surface area contributed by atoms with E-state index in [4.69, 9.17) is 5.26 Å². The van der Waals surface area contributed by atoms with Crippen LogP contribution < -0.4 is 0 Å². The average Bonchev–Trinajstić information content (AvgIpc) is 1.82. The summed E-state index contributed by atoms with van der Waals surface area (Å²) in [5.74, 6) is 0. The zero-order chi connectivity index (χ0) is 7.28. The van der Waals surface area contributed by atoms with Crippen LogP contribution in [0.15, 0.2) is 24.4 Å². The molecule has 46 valence electrons.